The molecule has 202 valence electrons. The fourth-order valence-electron chi connectivity index (χ4n) is 5.56. The number of rotatable bonds is 7. The van der Waals surface area contributed by atoms with Crippen LogP contribution in [0.3, 0.4) is 0 Å². The SMILES string of the molecule is CC1=CC=CC(N(c2ccccc2)c2ccc(N(c3ccc(C)cc3)c3ccc(-c4ccc(C)cc4)cc3)cc2)C1. The van der Waals surface area contributed by atoms with E-state index in [4.69, 9.17) is 0 Å². The van der Waals surface area contributed by atoms with E-state index in [1.807, 2.05) is 0 Å². The van der Waals surface area contributed by atoms with E-state index >= 15 is 0 Å². The van der Waals surface area contributed by atoms with Gasteiger partial charge in [0.05, 0.1) is 6.04 Å². The van der Waals surface area contributed by atoms with Crippen LogP contribution in [0.1, 0.15) is 24.5 Å². The van der Waals surface area contributed by atoms with Crippen LogP contribution in [0.2, 0.25) is 0 Å². The van der Waals surface area contributed by atoms with Crippen LogP contribution >= 0.6 is 0 Å². The predicted octanol–water partition coefficient (Wildman–Crippen LogP) is 10.9. The molecule has 0 aliphatic heterocycles. The molecule has 1 atom stereocenters. The lowest BCUT2D eigenvalue weighted by atomic mass is 9.99. The average Bonchev–Trinajstić information content (AvgIpc) is 3.01. The molecule has 0 saturated carbocycles. The summed E-state index contributed by atoms with van der Waals surface area (Å²) in [4.78, 5) is 4.78. The van der Waals surface area contributed by atoms with Crippen molar-refractivity contribution < 1.29 is 0 Å². The molecule has 2 nitrogen and oxygen atoms in total. The van der Waals surface area contributed by atoms with Crippen LogP contribution in [0.4, 0.5) is 28.4 Å². The third-order valence-corrected chi connectivity index (χ3v) is 7.80. The van der Waals surface area contributed by atoms with Crippen LogP contribution in [0.25, 0.3) is 11.1 Å². The summed E-state index contributed by atoms with van der Waals surface area (Å²) in [6.45, 7) is 6.47. The first-order valence-electron chi connectivity index (χ1n) is 14.4. The lowest BCUT2D eigenvalue weighted by molar-refractivity contribution is 0.757. The fraction of sp³-hybridized carbons (Fsp3) is 0.128. The average molecular weight is 533 g/mol. The van der Waals surface area contributed by atoms with E-state index in [0.717, 1.165) is 23.5 Å². The van der Waals surface area contributed by atoms with Gasteiger partial charge in [-0.1, -0.05) is 102 Å². The van der Waals surface area contributed by atoms with Crippen molar-refractivity contribution in [3.05, 3.63) is 162 Å². The molecule has 0 radical (unpaired) electrons. The third kappa shape index (κ3) is 5.88. The van der Waals surface area contributed by atoms with Crippen LogP contribution in [0, 0.1) is 13.8 Å². The number of aryl methyl sites for hydroxylation is 2. The Morgan fingerprint density at radius 2 is 0.927 bits per heavy atom. The largest absolute Gasteiger partial charge is 0.334 e. The van der Waals surface area contributed by atoms with Gasteiger partial charge >= 0.3 is 0 Å². The number of nitrogens with zero attached hydrogens (tertiary/aromatic N) is 2. The van der Waals surface area contributed by atoms with Crippen LogP contribution in [-0.2, 0) is 0 Å². The van der Waals surface area contributed by atoms with Crippen molar-refractivity contribution in [2.75, 3.05) is 9.80 Å². The van der Waals surface area contributed by atoms with Crippen LogP contribution < -0.4 is 9.80 Å². The number of para-hydroxylation sites is 1. The molecule has 2 heteroatoms. The van der Waals surface area contributed by atoms with E-state index in [0.29, 0.717) is 0 Å². The van der Waals surface area contributed by atoms with Crippen molar-refractivity contribution in [1.29, 1.82) is 0 Å². The molecule has 5 aromatic carbocycles. The third-order valence-electron chi connectivity index (χ3n) is 7.80. The molecule has 0 spiro atoms. The summed E-state index contributed by atoms with van der Waals surface area (Å²) in [5.74, 6) is 0. The van der Waals surface area contributed by atoms with Crippen LogP contribution in [0.5, 0.6) is 0 Å². The van der Waals surface area contributed by atoms with Crippen molar-refractivity contribution >= 4 is 28.4 Å². The number of benzene rings is 5. The second-order valence-electron chi connectivity index (χ2n) is 11.0. The van der Waals surface area contributed by atoms with Crippen LogP contribution in [-0.4, -0.2) is 6.04 Å². The van der Waals surface area contributed by atoms with Gasteiger partial charge in [0.2, 0.25) is 0 Å². The molecule has 0 bridgehead atoms. The van der Waals surface area contributed by atoms with Gasteiger partial charge in [-0.3, -0.25) is 0 Å². The molecule has 0 saturated heterocycles. The molecule has 6 rings (SSSR count). The topological polar surface area (TPSA) is 6.48 Å². The predicted molar refractivity (Wildman–Crippen MR) is 176 cm³/mol. The normalized spacial score (nSPS) is 14.4. The van der Waals surface area contributed by atoms with Crippen molar-refractivity contribution in [3.8, 4) is 11.1 Å². The first-order chi connectivity index (χ1) is 20.0. The van der Waals surface area contributed by atoms with Crippen molar-refractivity contribution in [1.82, 2.24) is 0 Å². The van der Waals surface area contributed by atoms with E-state index in [9.17, 15) is 0 Å². The second kappa shape index (κ2) is 11.7. The fourth-order valence-corrected chi connectivity index (χ4v) is 5.56. The molecule has 41 heavy (non-hydrogen) atoms. The smallest absolute Gasteiger partial charge is 0.0562 e. The Bertz CT molecular complexity index is 1640. The monoisotopic (exact) mass is 532 g/mol. The standard InChI is InChI=1S/C39H36N2/c1-29-12-16-32(17-13-29)33-18-22-36(23-19-33)40(35-20-14-30(2)15-21-35)37-24-26-38(27-25-37)41(34-9-5-4-6-10-34)39-11-7-8-31(3)28-39/h4-27,39H,28H2,1-3H3. The zero-order valence-electron chi connectivity index (χ0n) is 24.0. The highest BCUT2D eigenvalue weighted by atomic mass is 15.2. The minimum Gasteiger partial charge on any atom is -0.334 e. The summed E-state index contributed by atoms with van der Waals surface area (Å²) < 4.78 is 0. The molecule has 0 N–H and O–H groups in total. The van der Waals surface area contributed by atoms with Crippen molar-refractivity contribution in [3.63, 3.8) is 0 Å². The van der Waals surface area contributed by atoms with Gasteiger partial charge in [0.1, 0.15) is 0 Å². The summed E-state index contributed by atoms with van der Waals surface area (Å²) in [5, 5.41) is 0. The number of hydrogen-bond acceptors (Lipinski definition) is 2. The number of hydrogen-bond donors (Lipinski definition) is 0. The molecule has 0 amide bonds. The Hall–Kier alpha value is -4.82. The summed E-state index contributed by atoms with van der Waals surface area (Å²) in [6, 6.07) is 46.4. The van der Waals surface area contributed by atoms with Gasteiger partial charge in [0, 0.05) is 28.4 Å². The molecule has 5 aromatic rings. The van der Waals surface area contributed by atoms with Gasteiger partial charge in [0.25, 0.3) is 0 Å². The van der Waals surface area contributed by atoms with Crippen molar-refractivity contribution in [2.45, 2.75) is 33.2 Å². The number of anilines is 5. The minimum absolute atomic E-state index is 0.274. The summed E-state index contributed by atoms with van der Waals surface area (Å²) in [5.41, 5.74) is 12.2. The van der Waals surface area contributed by atoms with E-state index in [-0.39, 0.29) is 6.04 Å². The maximum atomic E-state index is 2.45. The molecule has 0 heterocycles. The second-order valence-corrected chi connectivity index (χ2v) is 11.0. The van der Waals surface area contributed by atoms with Gasteiger partial charge < -0.3 is 9.80 Å². The zero-order valence-corrected chi connectivity index (χ0v) is 24.0. The Morgan fingerprint density at radius 1 is 0.488 bits per heavy atom. The van der Waals surface area contributed by atoms with Gasteiger partial charge in [-0.2, -0.15) is 0 Å². The van der Waals surface area contributed by atoms with E-state index < -0.39 is 0 Å². The summed E-state index contributed by atoms with van der Waals surface area (Å²) in [7, 11) is 0. The summed E-state index contributed by atoms with van der Waals surface area (Å²) in [6.07, 6.45) is 7.72. The molecular formula is C39H36N2. The maximum absolute atomic E-state index is 2.45. The van der Waals surface area contributed by atoms with Crippen molar-refractivity contribution in [2.24, 2.45) is 0 Å². The van der Waals surface area contributed by atoms with Gasteiger partial charge in [-0.15, -0.1) is 0 Å². The Labute approximate surface area is 244 Å². The maximum Gasteiger partial charge on any atom is 0.0562 e. The molecule has 1 aliphatic carbocycles. The molecule has 0 fully saturated rings. The first-order valence-corrected chi connectivity index (χ1v) is 14.4. The quantitative estimate of drug-likeness (QED) is 0.206. The lowest BCUT2D eigenvalue weighted by Gasteiger charge is -2.34. The Morgan fingerprint density at radius 3 is 1.49 bits per heavy atom. The molecule has 1 aliphatic rings. The van der Waals surface area contributed by atoms with E-state index in [1.165, 1.54) is 39.2 Å². The van der Waals surface area contributed by atoms with E-state index in [1.54, 1.807) is 0 Å². The van der Waals surface area contributed by atoms with Gasteiger partial charge in [-0.05, 0) is 99.0 Å². The Balaban J connectivity index is 1.37. The summed E-state index contributed by atoms with van der Waals surface area (Å²) >= 11 is 0. The minimum atomic E-state index is 0.274. The lowest BCUT2D eigenvalue weighted by Crippen LogP contribution is -2.30. The highest BCUT2D eigenvalue weighted by molar-refractivity contribution is 5.80. The highest BCUT2D eigenvalue weighted by Gasteiger charge is 2.21. The first kappa shape index (κ1) is 26.4. The zero-order chi connectivity index (χ0) is 28.2. The van der Waals surface area contributed by atoms with Gasteiger partial charge in [-0.25, -0.2) is 0 Å². The number of allylic oxidation sites excluding steroid dienone is 2. The molecule has 0 aromatic heterocycles. The Kier molecular flexibility index (Phi) is 7.56. The van der Waals surface area contributed by atoms with E-state index in [2.05, 4.69) is 176 Å². The molecule has 1 unspecified atom stereocenters. The highest BCUT2D eigenvalue weighted by Crippen LogP contribution is 2.38. The van der Waals surface area contributed by atoms with Crippen LogP contribution in [0.15, 0.2) is 151 Å². The molecular weight excluding hydrogens is 496 g/mol. The van der Waals surface area contributed by atoms with Gasteiger partial charge in [0.15, 0.2) is 0 Å².